The molecule has 3 heterocycles. The highest BCUT2D eigenvalue weighted by Crippen LogP contribution is 2.46. The Morgan fingerprint density at radius 2 is 1.78 bits per heavy atom. The van der Waals surface area contributed by atoms with E-state index in [0.29, 0.717) is 12.1 Å². The summed E-state index contributed by atoms with van der Waals surface area (Å²) in [5, 5.41) is 4.91. The first-order chi connectivity index (χ1) is 17.9. The van der Waals surface area contributed by atoms with Gasteiger partial charge in [0, 0.05) is 28.6 Å². The summed E-state index contributed by atoms with van der Waals surface area (Å²) in [7, 11) is -3.57. The van der Waals surface area contributed by atoms with Gasteiger partial charge in [-0.25, -0.2) is 13.4 Å². The minimum atomic E-state index is -3.57. The second-order valence-corrected chi connectivity index (χ2v) is 13.9. The van der Waals surface area contributed by atoms with Crippen molar-refractivity contribution in [3.63, 3.8) is 0 Å². The first-order valence-electron chi connectivity index (χ1n) is 12.9. The number of hydrogen-bond acceptors (Lipinski definition) is 6. The van der Waals surface area contributed by atoms with Gasteiger partial charge in [0.1, 0.15) is 10.0 Å². The molecular formula is C28H29N3O3S3. The maximum Gasteiger partial charge on any atom is 0.256 e. The number of fused-ring (bicyclic) bond motifs is 2. The number of piperidine rings is 1. The molecule has 37 heavy (non-hydrogen) atoms. The second-order valence-electron chi connectivity index (χ2n) is 9.84. The molecule has 9 heteroatoms. The van der Waals surface area contributed by atoms with Gasteiger partial charge in [-0.3, -0.25) is 4.79 Å². The van der Waals surface area contributed by atoms with E-state index in [1.807, 2.05) is 25.1 Å². The van der Waals surface area contributed by atoms with Gasteiger partial charge in [0.25, 0.3) is 5.91 Å². The molecule has 2 aromatic carbocycles. The summed E-state index contributed by atoms with van der Waals surface area (Å²) in [6, 6.07) is 14.4. The minimum Gasteiger partial charge on any atom is -0.313 e. The van der Waals surface area contributed by atoms with Gasteiger partial charge in [-0.2, -0.15) is 4.31 Å². The number of hydrogen-bond donors (Lipinski definition) is 1. The fourth-order valence-electron chi connectivity index (χ4n) is 5.38. The van der Waals surface area contributed by atoms with Crippen LogP contribution in [-0.4, -0.2) is 36.2 Å². The fourth-order valence-corrected chi connectivity index (χ4v) is 9.47. The van der Waals surface area contributed by atoms with Crippen molar-refractivity contribution in [2.75, 3.05) is 11.9 Å². The lowest BCUT2D eigenvalue weighted by atomic mass is 9.95. The summed E-state index contributed by atoms with van der Waals surface area (Å²) in [5.74, 6) is -0.240. The first-order valence-corrected chi connectivity index (χ1v) is 15.9. The number of para-hydroxylation sites is 1. The van der Waals surface area contributed by atoms with Crippen molar-refractivity contribution in [1.29, 1.82) is 0 Å². The van der Waals surface area contributed by atoms with Crippen LogP contribution in [-0.2, 0) is 22.9 Å². The standard InChI is InChI=1S/C28H29N3O3S3/c1-18-8-6-7-17-31(18)37(33,34)20-15-13-19(14-16-20)26(32)30-28-25(21-9-2-4-11-23(21)35-28)27-29-22-10-3-5-12-24(22)36-27/h3,5,10,12-16,18H,2,4,6-9,11,17H2,1H3,(H,30,32). The number of aryl methyl sites for hydroxylation is 1. The topological polar surface area (TPSA) is 79.4 Å². The Labute approximate surface area is 225 Å². The molecule has 2 aromatic heterocycles. The lowest BCUT2D eigenvalue weighted by molar-refractivity contribution is 0.102. The number of nitrogens with one attached hydrogen (secondary N) is 1. The predicted molar refractivity (Wildman–Crippen MR) is 151 cm³/mol. The van der Waals surface area contributed by atoms with Crippen LogP contribution in [0.2, 0.25) is 0 Å². The number of thiophene rings is 1. The number of aromatic nitrogens is 1. The van der Waals surface area contributed by atoms with Crippen LogP contribution in [0.1, 0.15) is 59.8 Å². The van der Waals surface area contributed by atoms with Gasteiger partial charge in [0.2, 0.25) is 10.0 Å². The minimum absolute atomic E-state index is 0.00693. The number of benzene rings is 2. The number of carbonyl (C=O) groups is 1. The van der Waals surface area contributed by atoms with Gasteiger partial charge >= 0.3 is 0 Å². The number of nitrogens with zero attached hydrogens (tertiary/aromatic N) is 2. The molecule has 1 saturated heterocycles. The average molecular weight is 552 g/mol. The molecule has 0 spiro atoms. The molecule has 1 fully saturated rings. The predicted octanol–water partition coefficient (Wildman–Crippen LogP) is 6.72. The van der Waals surface area contributed by atoms with E-state index in [1.165, 1.54) is 10.4 Å². The van der Waals surface area contributed by atoms with Crippen LogP contribution in [0, 0.1) is 0 Å². The lowest BCUT2D eigenvalue weighted by Gasteiger charge is -2.32. The summed E-state index contributed by atoms with van der Waals surface area (Å²) >= 11 is 3.30. The highest BCUT2D eigenvalue weighted by atomic mass is 32.2. The quantitative estimate of drug-likeness (QED) is 0.299. The Hall–Kier alpha value is -2.59. The lowest BCUT2D eigenvalue weighted by Crippen LogP contribution is -2.41. The number of amides is 1. The Morgan fingerprint density at radius 3 is 2.57 bits per heavy atom. The van der Waals surface area contributed by atoms with Crippen LogP contribution in [0.15, 0.2) is 53.4 Å². The van der Waals surface area contributed by atoms with E-state index < -0.39 is 10.0 Å². The number of anilines is 1. The van der Waals surface area contributed by atoms with Crippen LogP contribution in [0.5, 0.6) is 0 Å². The molecule has 6 nitrogen and oxygen atoms in total. The highest BCUT2D eigenvalue weighted by Gasteiger charge is 2.31. The molecule has 2 aliphatic rings. The summed E-state index contributed by atoms with van der Waals surface area (Å²) in [5.41, 5.74) is 3.76. The van der Waals surface area contributed by atoms with Gasteiger partial charge in [-0.15, -0.1) is 22.7 Å². The van der Waals surface area contributed by atoms with Crippen molar-refractivity contribution in [3.8, 4) is 10.6 Å². The molecule has 0 radical (unpaired) electrons. The van der Waals surface area contributed by atoms with Crippen LogP contribution in [0.25, 0.3) is 20.8 Å². The maximum atomic E-state index is 13.3. The van der Waals surface area contributed by atoms with E-state index in [9.17, 15) is 13.2 Å². The molecule has 0 saturated carbocycles. The second kappa shape index (κ2) is 9.94. The molecular weight excluding hydrogens is 523 g/mol. The molecule has 6 rings (SSSR count). The van der Waals surface area contributed by atoms with Crippen molar-refractivity contribution < 1.29 is 13.2 Å². The van der Waals surface area contributed by atoms with Gasteiger partial charge in [-0.1, -0.05) is 18.6 Å². The summed E-state index contributed by atoms with van der Waals surface area (Å²) in [4.78, 5) is 19.8. The highest BCUT2D eigenvalue weighted by molar-refractivity contribution is 7.89. The Bertz CT molecular complexity index is 1540. The monoisotopic (exact) mass is 551 g/mol. The van der Waals surface area contributed by atoms with E-state index in [1.54, 1.807) is 51.2 Å². The van der Waals surface area contributed by atoms with Crippen LogP contribution in [0.4, 0.5) is 5.00 Å². The van der Waals surface area contributed by atoms with Crippen molar-refractivity contribution in [2.24, 2.45) is 0 Å². The van der Waals surface area contributed by atoms with E-state index in [4.69, 9.17) is 4.98 Å². The van der Waals surface area contributed by atoms with Crippen LogP contribution in [0.3, 0.4) is 0 Å². The third-order valence-electron chi connectivity index (χ3n) is 7.37. The largest absolute Gasteiger partial charge is 0.313 e. The van der Waals surface area contributed by atoms with Crippen LogP contribution >= 0.6 is 22.7 Å². The Morgan fingerprint density at radius 1 is 1.00 bits per heavy atom. The van der Waals surface area contributed by atoms with Gasteiger partial charge in [0.05, 0.1) is 15.1 Å². The average Bonchev–Trinajstić information content (AvgIpc) is 3.49. The molecule has 192 valence electrons. The van der Waals surface area contributed by atoms with Crippen molar-refractivity contribution in [1.82, 2.24) is 9.29 Å². The fraction of sp³-hybridized carbons (Fsp3) is 0.357. The third kappa shape index (κ3) is 4.63. The van der Waals surface area contributed by atoms with Crippen LogP contribution < -0.4 is 5.32 Å². The number of thiazole rings is 1. The van der Waals surface area contributed by atoms with Crippen molar-refractivity contribution in [2.45, 2.75) is 62.8 Å². The molecule has 1 aliphatic carbocycles. The van der Waals surface area contributed by atoms with E-state index in [-0.39, 0.29) is 16.8 Å². The van der Waals surface area contributed by atoms with Gasteiger partial charge in [-0.05, 0) is 87.4 Å². The summed E-state index contributed by atoms with van der Waals surface area (Å²) in [6.07, 6.45) is 7.13. The first kappa shape index (κ1) is 24.7. The van der Waals surface area contributed by atoms with Crippen molar-refractivity contribution in [3.05, 3.63) is 64.5 Å². The third-order valence-corrected chi connectivity index (χ3v) is 11.7. The van der Waals surface area contributed by atoms with Crippen molar-refractivity contribution >= 4 is 53.8 Å². The summed E-state index contributed by atoms with van der Waals surface area (Å²) in [6.45, 7) is 2.51. The SMILES string of the molecule is CC1CCCCN1S(=O)(=O)c1ccc(C(=O)Nc2sc3c(c2-c2nc4ccccc4s2)CCCC3)cc1. The van der Waals surface area contributed by atoms with Gasteiger partial charge in [0.15, 0.2) is 0 Å². The zero-order valence-corrected chi connectivity index (χ0v) is 23.1. The smallest absolute Gasteiger partial charge is 0.256 e. The Kier molecular flexibility index (Phi) is 6.65. The maximum absolute atomic E-state index is 13.3. The molecule has 1 atom stereocenters. The zero-order chi connectivity index (χ0) is 25.6. The molecule has 1 aliphatic heterocycles. The normalized spacial score (nSPS) is 18.6. The number of sulfonamides is 1. The summed E-state index contributed by atoms with van der Waals surface area (Å²) < 4.78 is 29.1. The Balaban J connectivity index is 1.29. The molecule has 4 aromatic rings. The van der Waals surface area contributed by atoms with E-state index >= 15 is 0 Å². The molecule has 1 N–H and O–H groups in total. The van der Waals surface area contributed by atoms with Gasteiger partial charge < -0.3 is 5.32 Å². The zero-order valence-electron chi connectivity index (χ0n) is 20.7. The molecule has 0 bridgehead atoms. The number of rotatable bonds is 5. The van der Waals surface area contributed by atoms with E-state index in [0.717, 1.165) is 70.7 Å². The molecule has 1 amide bonds. The van der Waals surface area contributed by atoms with E-state index in [2.05, 4.69) is 11.4 Å². The molecule has 1 unspecified atom stereocenters. The number of carbonyl (C=O) groups excluding carboxylic acids is 1.